The Labute approximate surface area is 129 Å². The van der Waals surface area contributed by atoms with Crippen LogP contribution in [0.4, 0.5) is 5.69 Å². The second kappa shape index (κ2) is 5.62. The Kier molecular flexibility index (Phi) is 3.67. The average molecular weight is 298 g/mol. The van der Waals surface area contributed by atoms with Crippen molar-refractivity contribution in [2.75, 3.05) is 5.73 Å². The third kappa shape index (κ3) is 3.09. The van der Waals surface area contributed by atoms with Crippen molar-refractivity contribution >= 4 is 17.3 Å². The average Bonchev–Trinajstić information content (AvgIpc) is 2.79. The van der Waals surface area contributed by atoms with Crippen LogP contribution in [0.5, 0.6) is 0 Å². The van der Waals surface area contributed by atoms with Gasteiger partial charge in [0.05, 0.1) is 5.69 Å². The van der Waals surface area contributed by atoms with Gasteiger partial charge in [0.25, 0.3) is 0 Å². The zero-order valence-corrected chi connectivity index (χ0v) is 12.5. The highest BCUT2D eigenvalue weighted by Crippen LogP contribution is 2.22. The first-order valence-corrected chi connectivity index (χ1v) is 7.14. The molecule has 1 heterocycles. The maximum Gasteiger partial charge on any atom is 0.140 e. The summed E-state index contributed by atoms with van der Waals surface area (Å²) >= 11 is 6.05. The highest BCUT2D eigenvalue weighted by Gasteiger charge is 2.09. The Balaban J connectivity index is 2.00. The molecular weight excluding hydrogens is 282 g/mol. The van der Waals surface area contributed by atoms with Gasteiger partial charge in [0.1, 0.15) is 5.82 Å². The molecule has 0 aliphatic carbocycles. The van der Waals surface area contributed by atoms with E-state index in [0.717, 1.165) is 39.9 Å². The van der Waals surface area contributed by atoms with Gasteiger partial charge in [-0.15, -0.1) is 0 Å². The van der Waals surface area contributed by atoms with Crippen LogP contribution in [0.1, 0.15) is 11.3 Å². The summed E-state index contributed by atoms with van der Waals surface area (Å²) < 4.78 is 2.12. The molecule has 0 amide bonds. The van der Waals surface area contributed by atoms with Crippen molar-refractivity contribution in [2.24, 2.45) is 0 Å². The lowest BCUT2D eigenvalue weighted by Crippen LogP contribution is -2.01. The van der Waals surface area contributed by atoms with Gasteiger partial charge in [-0.1, -0.05) is 35.9 Å². The fraction of sp³-hybridized carbons (Fsp3) is 0.118. The van der Waals surface area contributed by atoms with Crippen LogP contribution < -0.4 is 5.73 Å². The van der Waals surface area contributed by atoms with Gasteiger partial charge in [-0.2, -0.15) is 0 Å². The van der Waals surface area contributed by atoms with Gasteiger partial charge in [-0.05, 0) is 36.8 Å². The molecule has 0 saturated heterocycles. The first-order valence-electron chi connectivity index (χ1n) is 6.76. The van der Waals surface area contributed by atoms with Crippen LogP contribution in [-0.4, -0.2) is 9.55 Å². The van der Waals surface area contributed by atoms with E-state index in [2.05, 4.69) is 15.6 Å². The van der Waals surface area contributed by atoms with Crippen LogP contribution in [0, 0.1) is 6.92 Å². The number of imidazole rings is 1. The third-order valence-corrected chi connectivity index (χ3v) is 3.52. The van der Waals surface area contributed by atoms with Crippen LogP contribution in [-0.2, 0) is 6.54 Å². The lowest BCUT2D eigenvalue weighted by Gasteiger charge is -2.09. The van der Waals surface area contributed by atoms with Gasteiger partial charge in [-0.25, -0.2) is 4.98 Å². The Bertz CT molecular complexity index is 777. The molecule has 21 heavy (non-hydrogen) atoms. The number of benzene rings is 2. The zero-order chi connectivity index (χ0) is 14.8. The van der Waals surface area contributed by atoms with Crippen molar-refractivity contribution in [2.45, 2.75) is 13.5 Å². The third-order valence-electron chi connectivity index (χ3n) is 3.28. The molecule has 2 N–H and O–H groups in total. The van der Waals surface area contributed by atoms with Crippen molar-refractivity contribution in [3.8, 4) is 11.4 Å². The minimum atomic E-state index is 0.728. The second-order valence-electron chi connectivity index (χ2n) is 5.09. The van der Waals surface area contributed by atoms with Gasteiger partial charge in [0, 0.05) is 29.0 Å². The van der Waals surface area contributed by atoms with Crippen LogP contribution >= 0.6 is 11.6 Å². The number of rotatable bonds is 3. The molecule has 4 heteroatoms. The molecular formula is C17H16ClN3. The standard InChI is InChI=1S/C17H16ClN3/c1-12-10-21(11-13-4-2-6-15(18)8-13)17(20-12)14-5-3-7-16(19)9-14/h2-10H,11,19H2,1H3. The summed E-state index contributed by atoms with van der Waals surface area (Å²) in [5, 5.41) is 0.745. The van der Waals surface area contributed by atoms with Crippen LogP contribution in [0.15, 0.2) is 54.7 Å². The normalized spacial score (nSPS) is 10.8. The number of nitrogens with two attached hydrogens (primary N) is 1. The summed E-state index contributed by atoms with van der Waals surface area (Å²) in [6.45, 7) is 2.72. The topological polar surface area (TPSA) is 43.8 Å². The van der Waals surface area contributed by atoms with E-state index >= 15 is 0 Å². The largest absolute Gasteiger partial charge is 0.399 e. The minimum absolute atomic E-state index is 0.728. The SMILES string of the molecule is Cc1cn(Cc2cccc(Cl)c2)c(-c2cccc(N)c2)n1. The summed E-state index contributed by atoms with van der Waals surface area (Å²) in [6.07, 6.45) is 2.04. The Morgan fingerprint density at radius 2 is 1.95 bits per heavy atom. The predicted molar refractivity (Wildman–Crippen MR) is 87.4 cm³/mol. The number of halogens is 1. The molecule has 0 atom stereocenters. The van der Waals surface area contributed by atoms with Crippen LogP contribution in [0.2, 0.25) is 5.02 Å². The molecule has 0 unspecified atom stereocenters. The molecule has 0 fully saturated rings. The van der Waals surface area contributed by atoms with Crippen molar-refractivity contribution in [3.05, 3.63) is 71.0 Å². The maximum atomic E-state index is 6.05. The number of anilines is 1. The fourth-order valence-electron chi connectivity index (χ4n) is 2.41. The van der Waals surface area contributed by atoms with Gasteiger partial charge in [0.15, 0.2) is 0 Å². The molecule has 0 spiro atoms. The summed E-state index contributed by atoms with van der Waals surface area (Å²) in [5.41, 5.74) is 9.75. The lowest BCUT2D eigenvalue weighted by atomic mass is 10.2. The summed E-state index contributed by atoms with van der Waals surface area (Å²) in [4.78, 5) is 4.62. The van der Waals surface area contributed by atoms with E-state index < -0.39 is 0 Å². The van der Waals surface area contributed by atoms with E-state index in [1.807, 2.05) is 55.6 Å². The zero-order valence-electron chi connectivity index (χ0n) is 11.8. The van der Waals surface area contributed by atoms with Crippen molar-refractivity contribution in [3.63, 3.8) is 0 Å². The number of nitrogens with zero attached hydrogens (tertiary/aromatic N) is 2. The Morgan fingerprint density at radius 1 is 1.14 bits per heavy atom. The highest BCUT2D eigenvalue weighted by atomic mass is 35.5. The summed E-state index contributed by atoms with van der Waals surface area (Å²) in [5.74, 6) is 0.916. The van der Waals surface area contributed by atoms with E-state index in [1.54, 1.807) is 0 Å². The summed E-state index contributed by atoms with van der Waals surface area (Å²) in [6, 6.07) is 15.6. The predicted octanol–water partition coefficient (Wildman–Crippen LogP) is 4.14. The molecule has 1 aromatic heterocycles. The van der Waals surface area contributed by atoms with Gasteiger partial charge in [0.2, 0.25) is 0 Å². The van der Waals surface area contributed by atoms with Crippen LogP contribution in [0.25, 0.3) is 11.4 Å². The molecule has 0 aliphatic heterocycles. The van der Waals surface area contributed by atoms with E-state index in [-0.39, 0.29) is 0 Å². The molecule has 0 bridgehead atoms. The molecule has 3 rings (SSSR count). The first kappa shape index (κ1) is 13.7. The molecule has 106 valence electrons. The number of hydrogen-bond donors (Lipinski definition) is 1. The van der Waals surface area contributed by atoms with Gasteiger partial charge < -0.3 is 10.3 Å². The molecule has 2 aromatic carbocycles. The van der Waals surface area contributed by atoms with Crippen molar-refractivity contribution in [1.29, 1.82) is 0 Å². The quantitative estimate of drug-likeness (QED) is 0.738. The molecule has 3 nitrogen and oxygen atoms in total. The Morgan fingerprint density at radius 3 is 2.71 bits per heavy atom. The van der Waals surface area contributed by atoms with Crippen LogP contribution in [0.3, 0.4) is 0 Å². The minimum Gasteiger partial charge on any atom is -0.399 e. The van der Waals surface area contributed by atoms with Crippen molar-refractivity contribution in [1.82, 2.24) is 9.55 Å². The van der Waals surface area contributed by atoms with Gasteiger partial charge in [-0.3, -0.25) is 0 Å². The monoisotopic (exact) mass is 297 g/mol. The van der Waals surface area contributed by atoms with Crippen molar-refractivity contribution < 1.29 is 0 Å². The second-order valence-corrected chi connectivity index (χ2v) is 5.53. The number of aromatic nitrogens is 2. The van der Waals surface area contributed by atoms with E-state index in [9.17, 15) is 0 Å². The fourth-order valence-corrected chi connectivity index (χ4v) is 2.62. The number of hydrogen-bond acceptors (Lipinski definition) is 2. The molecule has 0 saturated carbocycles. The Hall–Kier alpha value is -2.26. The molecule has 3 aromatic rings. The molecule has 0 aliphatic rings. The van der Waals surface area contributed by atoms with E-state index in [0.29, 0.717) is 0 Å². The highest BCUT2D eigenvalue weighted by molar-refractivity contribution is 6.30. The van der Waals surface area contributed by atoms with E-state index in [4.69, 9.17) is 17.3 Å². The number of nitrogen functional groups attached to an aromatic ring is 1. The lowest BCUT2D eigenvalue weighted by molar-refractivity contribution is 0.806. The first-order chi connectivity index (χ1) is 10.1. The smallest absolute Gasteiger partial charge is 0.140 e. The summed E-state index contributed by atoms with van der Waals surface area (Å²) in [7, 11) is 0. The number of aryl methyl sites for hydroxylation is 1. The molecule has 0 radical (unpaired) electrons. The van der Waals surface area contributed by atoms with E-state index in [1.165, 1.54) is 0 Å². The maximum absolute atomic E-state index is 6.05. The van der Waals surface area contributed by atoms with Gasteiger partial charge >= 0.3 is 0 Å².